The van der Waals surface area contributed by atoms with Gasteiger partial charge in [-0.15, -0.1) is 0 Å². The van der Waals surface area contributed by atoms with Crippen LogP contribution in [0.3, 0.4) is 0 Å². The van der Waals surface area contributed by atoms with Gasteiger partial charge in [-0.05, 0) is 12.1 Å². The van der Waals surface area contributed by atoms with Crippen LogP contribution in [0.4, 0.5) is 0 Å². The third-order valence-electron chi connectivity index (χ3n) is 1.75. The Kier molecular flexibility index (Phi) is 2.24. The van der Waals surface area contributed by atoms with E-state index in [9.17, 15) is 0 Å². The Balaban J connectivity index is 2.49. The van der Waals surface area contributed by atoms with Crippen LogP contribution in [-0.2, 0) is 0 Å². The monoisotopic (exact) mass is 185 g/mol. The number of hydrogen-bond donors (Lipinski definition) is 0. The molecule has 1 aromatic heterocycles. The second-order valence-corrected chi connectivity index (χ2v) is 2.63. The molecular weight excluding hydrogens is 178 g/mol. The first-order chi connectivity index (χ1) is 6.92. The molecule has 0 bridgehead atoms. The molecule has 4 nitrogen and oxygen atoms in total. The lowest BCUT2D eigenvalue weighted by Gasteiger charge is -2.03. The second-order valence-electron chi connectivity index (χ2n) is 2.63. The van der Waals surface area contributed by atoms with Gasteiger partial charge in [-0.3, -0.25) is 4.98 Å². The molecular formula is C10H7N3O. The van der Waals surface area contributed by atoms with E-state index in [2.05, 4.69) is 9.97 Å². The molecule has 4 heteroatoms. The fourth-order valence-electron chi connectivity index (χ4n) is 1.19. The molecule has 0 amide bonds. The Morgan fingerprint density at radius 3 is 3.00 bits per heavy atom. The van der Waals surface area contributed by atoms with Crippen LogP contribution in [0, 0.1) is 11.3 Å². The topological polar surface area (TPSA) is 58.8 Å². The highest BCUT2D eigenvalue weighted by atomic mass is 16.5. The molecule has 0 radical (unpaired) electrons. The normalized spacial score (nSPS) is 9.64. The highest BCUT2D eigenvalue weighted by molar-refractivity contribution is 5.80. The van der Waals surface area contributed by atoms with E-state index in [1.54, 1.807) is 18.5 Å². The van der Waals surface area contributed by atoms with Crippen molar-refractivity contribution in [2.75, 3.05) is 6.61 Å². The number of rotatable bonds is 2. The Labute approximate surface area is 80.8 Å². The van der Waals surface area contributed by atoms with E-state index in [1.165, 1.54) is 0 Å². The van der Waals surface area contributed by atoms with Crippen molar-refractivity contribution < 1.29 is 4.74 Å². The van der Waals surface area contributed by atoms with Crippen molar-refractivity contribution in [1.29, 1.82) is 5.26 Å². The summed E-state index contributed by atoms with van der Waals surface area (Å²) in [5.41, 5.74) is 1.45. The summed E-state index contributed by atoms with van der Waals surface area (Å²) in [7, 11) is 0. The van der Waals surface area contributed by atoms with Crippen molar-refractivity contribution in [1.82, 2.24) is 9.97 Å². The SMILES string of the molecule is N#CCOc1cccc2nccnc12. The maximum absolute atomic E-state index is 8.39. The van der Waals surface area contributed by atoms with Crippen LogP contribution < -0.4 is 4.74 Å². The lowest BCUT2D eigenvalue weighted by atomic mass is 10.3. The molecule has 68 valence electrons. The Morgan fingerprint density at radius 1 is 1.29 bits per heavy atom. The quantitative estimate of drug-likeness (QED) is 0.711. The van der Waals surface area contributed by atoms with Crippen LogP contribution in [0.1, 0.15) is 0 Å². The molecule has 0 aliphatic heterocycles. The summed E-state index contributed by atoms with van der Waals surface area (Å²) in [6, 6.07) is 7.35. The predicted octanol–water partition coefficient (Wildman–Crippen LogP) is 1.53. The number of aromatic nitrogens is 2. The van der Waals surface area contributed by atoms with Crippen molar-refractivity contribution in [2.24, 2.45) is 0 Å². The van der Waals surface area contributed by atoms with Crippen LogP contribution >= 0.6 is 0 Å². The Bertz CT molecular complexity index is 485. The van der Waals surface area contributed by atoms with E-state index in [1.807, 2.05) is 18.2 Å². The summed E-state index contributed by atoms with van der Waals surface area (Å²) in [6.07, 6.45) is 3.22. The molecule has 0 spiro atoms. The van der Waals surface area contributed by atoms with E-state index in [0.29, 0.717) is 11.3 Å². The third-order valence-corrected chi connectivity index (χ3v) is 1.75. The summed E-state index contributed by atoms with van der Waals surface area (Å²) in [6.45, 7) is 0.0235. The van der Waals surface area contributed by atoms with Crippen molar-refractivity contribution in [3.63, 3.8) is 0 Å². The maximum atomic E-state index is 8.39. The number of benzene rings is 1. The standard InChI is InChI=1S/C10H7N3O/c11-4-7-14-9-3-1-2-8-10(9)13-6-5-12-8/h1-3,5-6H,7H2. The number of nitrogens with zero attached hydrogens (tertiary/aromatic N) is 3. The van der Waals surface area contributed by atoms with Crippen LogP contribution in [0.25, 0.3) is 11.0 Å². The molecule has 2 aromatic rings. The summed E-state index contributed by atoms with van der Waals surface area (Å²) < 4.78 is 5.20. The second kappa shape index (κ2) is 3.71. The highest BCUT2D eigenvalue weighted by Crippen LogP contribution is 2.20. The van der Waals surface area contributed by atoms with Crippen LogP contribution in [0.5, 0.6) is 5.75 Å². The first-order valence-electron chi connectivity index (χ1n) is 4.11. The number of hydrogen-bond acceptors (Lipinski definition) is 4. The van der Waals surface area contributed by atoms with Gasteiger partial charge in [-0.1, -0.05) is 6.07 Å². The number of ether oxygens (including phenoxy) is 1. The average Bonchev–Trinajstić information content (AvgIpc) is 2.26. The molecule has 1 aromatic carbocycles. The number of para-hydroxylation sites is 1. The van der Waals surface area contributed by atoms with Gasteiger partial charge >= 0.3 is 0 Å². The summed E-state index contributed by atoms with van der Waals surface area (Å²) in [5.74, 6) is 0.595. The van der Waals surface area contributed by atoms with Gasteiger partial charge in [0.05, 0.1) is 5.52 Å². The van der Waals surface area contributed by atoms with Crippen LogP contribution in [0.15, 0.2) is 30.6 Å². The Morgan fingerprint density at radius 2 is 2.14 bits per heavy atom. The maximum Gasteiger partial charge on any atom is 0.174 e. The molecule has 0 aliphatic rings. The molecule has 1 heterocycles. The first kappa shape index (κ1) is 8.45. The van der Waals surface area contributed by atoms with Crippen molar-refractivity contribution in [3.05, 3.63) is 30.6 Å². The van der Waals surface area contributed by atoms with E-state index in [-0.39, 0.29) is 6.61 Å². The van der Waals surface area contributed by atoms with Crippen molar-refractivity contribution in [3.8, 4) is 11.8 Å². The van der Waals surface area contributed by atoms with E-state index in [0.717, 1.165) is 5.52 Å². The van der Waals surface area contributed by atoms with Gasteiger partial charge in [0.1, 0.15) is 17.3 Å². The van der Waals surface area contributed by atoms with E-state index in [4.69, 9.17) is 10.00 Å². The summed E-state index contributed by atoms with van der Waals surface area (Å²) in [5, 5.41) is 8.39. The van der Waals surface area contributed by atoms with Gasteiger partial charge in [0.15, 0.2) is 6.61 Å². The molecule has 0 atom stereocenters. The van der Waals surface area contributed by atoms with E-state index < -0.39 is 0 Å². The van der Waals surface area contributed by atoms with Gasteiger partial charge in [-0.2, -0.15) is 5.26 Å². The molecule has 0 N–H and O–H groups in total. The minimum atomic E-state index is 0.0235. The molecule has 0 saturated heterocycles. The molecule has 0 fully saturated rings. The minimum absolute atomic E-state index is 0.0235. The zero-order valence-electron chi connectivity index (χ0n) is 7.34. The van der Waals surface area contributed by atoms with E-state index >= 15 is 0 Å². The minimum Gasteiger partial charge on any atom is -0.476 e. The third kappa shape index (κ3) is 1.48. The fourth-order valence-corrected chi connectivity index (χ4v) is 1.19. The van der Waals surface area contributed by atoms with Crippen LogP contribution in [0.2, 0.25) is 0 Å². The zero-order chi connectivity index (χ0) is 9.80. The lowest BCUT2D eigenvalue weighted by molar-refractivity contribution is 0.372. The molecule has 2 rings (SSSR count). The molecule has 0 aliphatic carbocycles. The summed E-state index contributed by atoms with van der Waals surface area (Å²) >= 11 is 0. The van der Waals surface area contributed by atoms with Gasteiger partial charge in [-0.25, -0.2) is 4.98 Å². The smallest absolute Gasteiger partial charge is 0.174 e. The van der Waals surface area contributed by atoms with Crippen molar-refractivity contribution >= 4 is 11.0 Å². The number of nitriles is 1. The van der Waals surface area contributed by atoms with Gasteiger partial charge in [0.25, 0.3) is 0 Å². The fraction of sp³-hybridized carbons (Fsp3) is 0.100. The first-order valence-corrected chi connectivity index (χ1v) is 4.11. The Hall–Kier alpha value is -2.15. The van der Waals surface area contributed by atoms with Gasteiger partial charge in [0.2, 0.25) is 0 Å². The summed E-state index contributed by atoms with van der Waals surface area (Å²) in [4.78, 5) is 8.26. The highest BCUT2D eigenvalue weighted by Gasteiger charge is 2.02. The predicted molar refractivity (Wildman–Crippen MR) is 50.6 cm³/mol. The zero-order valence-corrected chi connectivity index (χ0v) is 7.34. The van der Waals surface area contributed by atoms with Gasteiger partial charge < -0.3 is 4.74 Å². The molecule has 14 heavy (non-hydrogen) atoms. The lowest BCUT2D eigenvalue weighted by Crippen LogP contribution is -1.95. The number of fused-ring (bicyclic) bond motifs is 1. The van der Waals surface area contributed by atoms with Gasteiger partial charge in [0, 0.05) is 12.4 Å². The van der Waals surface area contributed by atoms with Crippen LogP contribution in [-0.4, -0.2) is 16.6 Å². The van der Waals surface area contributed by atoms with Crippen molar-refractivity contribution in [2.45, 2.75) is 0 Å². The molecule has 0 saturated carbocycles. The molecule has 0 unspecified atom stereocenters. The largest absolute Gasteiger partial charge is 0.476 e. The average molecular weight is 185 g/mol.